The molecule has 15 heteroatoms. The Bertz CT molecular complexity index is 1380. The van der Waals surface area contributed by atoms with E-state index < -0.39 is 34.6 Å². The minimum absolute atomic E-state index is 0.0838. The van der Waals surface area contributed by atoms with Crippen LogP contribution in [0.3, 0.4) is 0 Å². The number of benzene rings is 1. The Labute approximate surface area is 217 Å². The lowest BCUT2D eigenvalue weighted by Crippen LogP contribution is -2.29. The zero-order chi connectivity index (χ0) is 26.9. The monoisotopic (exact) mass is 553 g/mol. The largest absolute Gasteiger partial charge is 0.417 e. The Morgan fingerprint density at radius 3 is 2.68 bits per heavy atom. The number of likely N-dealkylation sites (N-methyl/N-ethyl adjacent to an activating group) is 1. The van der Waals surface area contributed by atoms with E-state index in [1.54, 1.807) is 18.9 Å². The fourth-order valence-electron chi connectivity index (χ4n) is 3.54. The van der Waals surface area contributed by atoms with Gasteiger partial charge in [0.15, 0.2) is 0 Å². The predicted molar refractivity (Wildman–Crippen MR) is 129 cm³/mol. The van der Waals surface area contributed by atoms with Crippen molar-refractivity contribution < 1.29 is 27.6 Å². The minimum Gasteiger partial charge on any atom is -0.342 e. The highest BCUT2D eigenvalue weighted by Crippen LogP contribution is 2.36. The van der Waals surface area contributed by atoms with Gasteiger partial charge >= 0.3 is 6.18 Å². The van der Waals surface area contributed by atoms with Gasteiger partial charge in [-0.1, -0.05) is 11.6 Å². The van der Waals surface area contributed by atoms with Crippen LogP contribution >= 0.6 is 22.9 Å². The number of carbonyl (C=O) groups excluding carboxylic acids is 3. The van der Waals surface area contributed by atoms with E-state index in [-0.39, 0.29) is 41.1 Å². The Balaban J connectivity index is 1.46. The quantitative estimate of drug-likeness (QED) is 0.439. The second-order valence-corrected chi connectivity index (χ2v) is 9.64. The summed E-state index contributed by atoms with van der Waals surface area (Å²) in [5.74, 6) is -1.21. The van der Waals surface area contributed by atoms with Gasteiger partial charge in [0.25, 0.3) is 11.8 Å². The van der Waals surface area contributed by atoms with E-state index in [2.05, 4.69) is 30.9 Å². The summed E-state index contributed by atoms with van der Waals surface area (Å²) in [4.78, 5) is 51.7. The number of halogens is 4. The molecule has 3 amide bonds. The Hall–Kier alpha value is -3.62. The summed E-state index contributed by atoms with van der Waals surface area (Å²) in [5, 5.41) is 7.70. The van der Waals surface area contributed by atoms with Crippen LogP contribution < -0.4 is 16.0 Å². The first-order valence-electron chi connectivity index (χ1n) is 10.7. The topological polar surface area (TPSA) is 129 Å². The number of hydrogen-bond donors (Lipinski definition) is 3. The van der Waals surface area contributed by atoms with Gasteiger partial charge in [0.2, 0.25) is 5.91 Å². The molecule has 3 aromatic rings. The molecule has 10 nitrogen and oxygen atoms in total. The number of rotatable bonds is 5. The third-order valence-corrected chi connectivity index (χ3v) is 6.76. The van der Waals surface area contributed by atoms with Crippen molar-refractivity contribution in [2.45, 2.75) is 25.7 Å². The van der Waals surface area contributed by atoms with Crippen LogP contribution in [0, 0.1) is 0 Å². The van der Waals surface area contributed by atoms with Crippen molar-refractivity contribution in [3.63, 3.8) is 0 Å². The molecule has 0 fully saturated rings. The fraction of sp³-hybridized carbons (Fsp3) is 0.273. The van der Waals surface area contributed by atoms with Crippen molar-refractivity contribution in [3.8, 4) is 0 Å². The van der Waals surface area contributed by atoms with Gasteiger partial charge in [-0.05, 0) is 32.2 Å². The third-order valence-electron chi connectivity index (χ3n) is 5.25. The number of aromatic nitrogens is 3. The van der Waals surface area contributed by atoms with E-state index in [0.717, 1.165) is 23.5 Å². The highest BCUT2D eigenvalue weighted by atomic mass is 35.5. The van der Waals surface area contributed by atoms with E-state index in [0.29, 0.717) is 10.6 Å². The average Bonchev–Trinajstić information content (AvgIpc) is 3.25. The first kappa shape index (κ1) is 26.4. The van der Waals surface area contributed by atoms with Gasteiger partial charge in [0, 0.05) is 17.8 Å². The highest BCUT2D eigenvalue weighted by molar-refractivity contribution is 7.13. The lowest BCUT2D eigenvalue weighted by molar-refractivity contribution is -0.137. The number of thiazole rings is 1. The van der Waals surface area contributed by atoms with Crippen molar-refractivity contribution in [2.24, 2.45) is 0 Å². The van der Waals surface area contributed by atoms with Gasteiger partial charge in [-0.15, -0.1) is 11.3 Å². The van der Waals surface area contributed by atoms with Gasteiger partial charge in [0.05, 0.1) is 29.4 Å². The van der Waals surface area contributed by atoms with Crippen LogP contribution in [0.1, 0.15) is 49.3 Å². The maximum Gasteiger partial charge on any atom is 0.417 e. The summed E-state index contributed by atoms with van der Waals surface area (Å²) < 4.78 is 39.3. The molecule has 1 atom stereocenters. The van der Waals surface area contributed by atoms with Gasteiger partial charge in [-0.3, -0.25) is 19.3 Å². The molecular weight excluding hydrogens is 535 g/mol. The summed E-state index contributed by atoms with van der Waals surface area (Å²) in [6, 6.07) is 2.42. The smallest absolute Gasteiger partial charge is 0.342 e. The Kier molecular flexibility index (Phi) is 7.43. The maximum absolute atomic E-state index is 13.1. The molecule has 194 valence electrons. The van der Waals surface area contributed by atoms with Gasteiger partial charge in [0.1, 0.15) is 27.7 Å². The van der Waals surface area contributed by atoms with Crippen LogP contribution in [0.4, 0.5) is 24.7 Å². The number of nitrogens with one attached hydrogen (secondary N) is 3. The zero-order valence-electron chi connectivity index (χ0n) is 19.3. The highest BCUT2D eigenvalue weighted by Gasteiger charge is 2.33. The molecule has 1 unspecified atom stereocenters. The summed E-state index contributed by atoms with van der Waals surface area (Å²) >= 11 is 6.58. The van der Waals surface area contributed by atoms with E-state index in [4.69, 9.17) is 11.6 Å². The van der Waals surface area contributed by atoms with Crippen molar-refractivity contribution >= 4 is 52.2 Å². The molecule has 1 aromatic carbocycles. The molecule has 3 N–H and O–H groups in total. The summed E-state index contributed by atoms with van der Waals surface area (Å²) in [7, 11) is 1.72. The van der Waals surface area contributed by atoms with E-state index in [9.17, 15) is 27.6 Å². The number of amides is 3. The summed E-state index contributed by atoms with van der Waals surface area (Å²) in [6.07, 6.45) is -2.23. The molecule has 4 rings (SSSR count). The van der Waals surface area contributed by atoms with Crippen LogP contribution in [0.25, 0.3) is 0 Å². The molecule has 2 aromatic heterocycles. The lowest BCUT2D eigenvalue weighted by atomic mass is 10.1. The first-order valence-corrected chi connectivity index (χ1v) is 11.9. The minimum atomic E-state index is -4.67. The molecule has 0 saturated carbocycles. The Morgan fingerprint density at radius 2 is 1.95 bits per heavy atom. The van der Waals surface area contributed by atoms with E-state index >= 15 is 0 Å². The number of anilines is 2. The molecule has 37 heavy (non-hydrogen) atoms. The van der Waals surface area contributed by atoms with Crippen LogP contribution in [0.5, 0.6) is 0 Å². The number of alkyl halides is 3. The van der Waals surface area contributed by atoms with Crippen molar-refractivity contribution in [2.75, 3.05) is 24.2 Å². The van der Waals surface area contributed by atoms with Crippen LogP contribution in [-0.4, -0.2) is 51.2 Å². The number of nitrogens with zero attached hydrogens (tertiary/aromatic N) is 4. The number of hydrogen-bond acceptors (Lipinski definition) is 8. The SMILES string of the molecule is CC(NC(=O)c1ncnc2c1CN(C)CC(=O)N2)c1ncc(C(=O)Nc2ccc(Cl)c(C(F)(F)F)c2)s1. The van der Waals surface area contributed by atoms with Crippen molar-refractivity contribution in [1.29, 1.82) is 0 Å². The standard InChI is InChI=1S/C22H19ClF3N7O3S/c1-10(30-20(36)17-12-7-33(2)8-16(34)32-18(12)29-9-28-17)21-27-6-15(37-21)19(35)31-11-3-4-14(23)13(5-11)22(24,25)26/h3-6,9-10H,7-8H2,1-2H3,(H,30,36)(H,31,35)(H,28,29,32,34). The van der Waals surface area contributed by atoms with Crippen LogP contribution in [0.2, 0.25) is 5.02 Å². The van der Waals surface area contributed by atoms with E-state index in [1.807, 2.05) is 0 Å². The summed E-state index contributed by atoms with van der Waals surface area (Å²) in [5.41, 5.74) is -0.606. The third kappa shape index (κ3) is 6.03. The molecule has 3 heterocycles. The van der Waals surface area contributed by atoms with Crippen LogP contribution in [0.15, 0.2) is 30.7 Å². The summed E-state index contributed by atoms with van der Waals surface area (Å²) in [6.45, 7) is 2.06. The molecule has 0 radical (unpaired) electrons. The molecule has 0 aliphatic carbocycles. The van der Waals surface area contributed by atoms with E-state index in [1.165, 1.54) is 18.6 Å². The Morgan fingerprint density at radius 1 is 1.19 bits per heavy atom. The van der Waals surface area contributed by atoms with Gasteiger partial charge in [-0.25, -0.2) is 15.0 Å². The molecule has 1 aliphatic rings. The molecule has 0 bridgehead atoms. The zero-order valence-corrected chi connectivity index (χ0v) is 20.9. The molecule has 1 aliphatic heterocycles. The maximum atomic E-state index is 13.1. The molecule has 0 saturated heterocycles. The van der Waals surface area contributed by atoms with Crippen molar-refractivity contribution in [1.82, 2.24) is 25.2 Å². The van der Waals surface area contributed by atoms with Crippen LogP contribution in [-0.2, 0) is 17.5 Å². The predicted octanol–water partition coefficient (Wildman–Crippen LogP) is 3.73. The molecule has 0 spiro atoms. The molecular formula is C22H19ClF3N7O3S. The van der Waals surface area contributed by atoms with Gasteiger partial charge < -0.3 is 16.0 Å². The fourth-order valence-corrected chi connectivity index (χ4v) is 4.58. The normalized spacial score (nSPS) is 14.8. The van der Waals surface area contributed by atoms with Gasteiger partial charge in [-0.2, -0.15) is 13.2 Å². The number of carbonyl (C=O) groups is 3. The first-order chi connectivity index (χ1) is 17.4. The lowest BCUT2D eigenvalue weighted by Gasteiger charge is -2.16. The number of fused-ring (bicyclic) bond motifs is 1. The van der Waals surface area contributed by atoms with Crippen molar-refractivity contribution in [3.05, 3.63) is 62.5 Å². The second kappa shape index (κ2) is 10.4. The second-order valence-electron chi connectivity index (χ2n) is 8.17. The average molecular weight is 554 g/mol.